The minimum absolute atomic E-state index is 0.0147. The van der Waals surface area contributed by atoms with Gasteiger partial charge in [-0.25, -0.2) is 4.68 Å². The molecule has 2 heterocycles. The Morgan fingerprint density at radius 3 is 2.31 bits per heavy atom. The van der Waals surface area contributed by atoms with Crippen LogP contribution in [0, 0.1) is 0 Å². The van der Waals surface area contributed by atoms with Gasteiger partial charge in [-0.2, -0.15) is 31.3 Å². The number of rotatable bonds is 5. The number of hydrogen-bond acceptors (Lipinski definition) is 5. The Morgan fingerprint density at radius 2 is 1.72 bits per heavy atom. The van der Waals surface area contributed by atoms with Gasteiger partial charge in [0.15, 0.2) is 5.65 Å². The van der Waals surface area contributed by atoms with Crippen LogP contribution in [0.1, 0.15) is 23.6 Å². The molecule has 2 N–H and O–H groups in total. The van der Waals surface area contributed by atoms with Gasteiger partial charge in [0, 0.05) is 12.1 Å². The van der Waals surface area contributed by atoms with Crippen molar-refractivity contribution in [2.45, 2.75) is 25.7 Å². The summed E-state index contributed by atoms with van der Waals surface area (Å²) in [6, 6.07) is 7.75. The fourth-order valence-corrected chi connectivity index (χ4v) is 3.81. The second-order valence-corrected chi connectivity index (χ2v) is 8.00. The number of pyridine rings is 1. The van der Waals surface area contributed by atoms with Gasteiger partial charge in [0.25, 0.3) is 0 Å². The Morgan fingerprint density at radius 1 is 1.00 bits per heavy atom. The summed E-state index contributed by atoms with van der Waals surface area (Å²) in [5, 5.41) is 3.62. The van der Waals surface area contributed by atoms with Crippen molar-refractivity contribution in [2.75, 3.05) is 12.8 Å². The Hall–Kier alpha value is -3.67. The molecule has 36 heavy (non-hydrogen) atoms. The number of benzene rings is 2. The summed E-state index contributed by atoms with van der Waals surface area (Å²) in [6.45, 7) is 1.60. The first-order valence-corrected chi connectivity index (χ1v) is 10.7. The summed E-state index contributed by atoms with van der Waals surface area (Å²) in [5.41, 5.74) is 3.81. The highest BCUT2D eigenvalue weighted by molar-refractivity contribution is 6.32. The lowest BCUT2D eigenvalue weighted by Crippen LogP contribution is -2.10. The van der Waals surface area contributed by atoms with Crippen molar-refractivity contribution in [1.82, 2.24) is 14.8 Å². The smallest absolute Gasteiger partial charge is 0.417 e. The number of aryl methyl sites for hydroxylation is 1. The topological polar surface area (TPSA) is 75.2 Å². The van der Waals surface area contributed by atoms with Crippen molar-refractivity contribution in [3.8, 4) is 23.1 Å². The number of methoxy groups -OCH3 is 1. The highest BCUT2D eigenvalue weighted by atomic mass is 35.5. The molecule has 0 atom stereocenters. The predicted octanol–water partition coefficient (Wildman–Crippen LogP) is 7.06. The van der Waals surface area contributed by atoms with E-state index in [2.05, 4.69) is 10.1 Å². The first-order valence-electron chi connectivity index (χ1n) is 10.3. The van der Waals surface area contributed by atoms with E-state index in [4.69, 9.17) is 26.8 Å². The second-order valence-electron chi connectivity index (χ2n) is 7.59. The van der Waals surface area contributed by atoms with E-state index < -0.39 is 46.2 Å². The summed E-state index contributed by atoms with van der Waals surface area (Å²) in [5.74, 6) is -0.481. The molecule has 4 aromatic rings. The van der Waals surface area contributed by atoms with Crippen LogP contribution in [-0.2, 0) is 18.8 Å². The number of hydrogen-bond donors (Lipinski definition) is 1. The molecule has 0 aliphatic rings. The van der Waals surface area contributed by atoms with E-state index in [1.165, 1.54) is 25.3 Å². The van der Waals surface area contributed by atoms with Crippen LogP contribution in [0.25, 0.3) is 16.7 Å². The van der Waals surface area contributed by atoms with Crippen LogP contribution < -0.4 is 15.2 Å². The molecule has 0 aliphatic carbocycles. The lowest BCUT2D eigenvalue weighted by atomic mass is 10.1. The molecule has 4 rings (SSSR count). The Bertz CT molecular complexity index is 1450. The molecule has 2 aromatic carbocycles. The van der Waals surface area contributed by atoms with Crippen LogP contribution in [0.5, 0.6) is 17.4 Å². The van der Waals surface area contributed by atoms with Crippen molar-refractivity contribution in [3.63, 3.8) is 0 Å². The lowest BCUT2D eigenvalue weighted by molar-refractivity contribution is -0.138. The van der Waals surface area contributed by atoms with E-state index >= 15 is 0 Å². The molecule has 0 amide bonds. The minimum atomic E-state index is -4.88. The van der Waals surface area contributed by atoms with Crippen LogP contribution >= 0.6 is 11.6 Å². The minimum Gasteiger partial charge on any atom is -0.497 e. The standard InChI is InChI=1S/C23H17ClF6N4O2/c1-3-11-8-12(22(25,26)27)4-6-16(11)34-20(31)19-14(23(28,29)30)10-18(32-21(19)33-34)36-17-7-5-13(35-2)9-15(17)24/h4-10H,3,31H2,1-2H3. The van der Waals surface area contributed by atoms with Crippen molar-refractivity contribution < 1.29 is 35.8 Å². The first kappa shape index (κ1) is 25.4. The molecule has 13 heteroatoms. The molecular weight excluding hydrogens is 514 g/mol. The molecule has 0 aliphatic heterocycles. The van der Waals surface area contributed by atoms with Gasteiger partial charge in [0.05, 0.1) is 34.3 Å². The molecule has 0 saturated heterocycles. The number of nitrogens with zero attached hydrogens (tertiary/aromatic N) is 3. The normalized spacial score (nSPS) is 12.2. The SMILES string of the molecule is CCc1cc(C(F)(F)F)ccc1-n1nc2nc(Oc3ccc(OC)cc3Cl)cc(C(F)(F)F)c2c1N. The third-order valence-electron chi connectivity index (χ3n) is 5.33. The number of halogens is 7. The van der Waals surface area contributed by atoms with Crippen LogP contribution in [0.3, 0.4) is 0 Å². The van der Waals surface area contributed by atoms with E-state index in [9.17, 15) is 26.3 Å². The maximum absolute atomic E-state index is 14.0. The summed E-state index contributed by atoms with van der Waals surface area (Å²) in [6.07, 6.45) is -9.33. The lowest BCUT2D eigenvalue weighted by Gasteiger charge is -2.14. The van der Waals surface area contributed by atoms with Crippen molar-refractivity contribution in [2.24, 2.45) is 0 Å². The number of aromatic nitrogens is 3. The molecule has 2 aromatic heterocycles. The largest absolute Gasteiger partial charge is 0.497 e. The van der Waals surface area contributed by atoms with E-state index in [1.807, 2.05) is 0 Å². The Kier molecular flexibility index (Phi) is 6.41. The van der Waals surface area contributed by atoms with Gasteiger partial charge in [-0.15, -0.1) is 5.10 Å². The molecule has 0 fully saturated rings. The number of anilines is 1. The quantitative estimate of drug-likeness (QED) is 0.280. The molecule has 0 saturated carbocycles. The molecule has 6 nitrogen and oxygen atoms in total. The number of alkyl halides is 6. The third kappa shape index (κ3) is 4.72. The van der Waals surface area contributed by atoms with Gasteiger partial charge in [0.2, 0.25) is 5.88 Å². The number of ether oxygens (including phenoxy) is 2. The monoisotopic (exact) mass is 530 g/mol. The average molecular weight is 531 g/mol. The number of nitrogens with two attached hydrogens (primary N) is 1. The maximum Gasteiger partial charge on any atom is 0.417 e. The average Bonchev–Trinajstić information content (AvgIpc) is 3.14. The van der Waals surface area contributed by atoms with Crippen LogP contribution in [-0.4, -0.2) is 21.9 Å². The van der Waals surface area contributed by atoms with Crippen molar-refractivity contribution >= 4 is 28.5 Å². The van der Waals surface area contributed by atoms with E-state index in [0.29, 0.717) is 11.8 Å². The fraction of sp³-hybridized carbons (Fsp3) is 0.217. The summed E-state index contributed by atoms with van der Waals surface area (Å²) < 4.78 is 92.9. The molecule has 0 spiro atoms. The van der Waals surface area contributed by atoms with Gasteiger partial charge in [-0.1, -0.05) is 18.5 Å². The van der Waals surface area contributed by atoms with E-state index in [-0.39, 0.29) is 28.4 Å². The highest BCUT2D eigenvalue weighted by Gasteiger charge is 2.37. The zero-order chi connectivity index (χ0) is 26.4. The third-order valence-corrected chi connectivity index (χ3v) is 5.63. The molecule has 0 unspecified atom stereocenters. The van der Waals surface area contributed by atoms with Gasteiger partial charge in [-0.3, -0.25) is 0 Å². The summed E-state index contributed by atoms with van der Waals surface area (Å²) in [7, 11) is 1.42. The van der Waals surface area contributed by atoms with Gasteiger partial charge < -0.3 is 15.2 Å². The van der Waals surface area contributed by atoms with Crippen molar-refractivity contribution in [3.05, 3.63) is 64.2 Å². The van der Waals surface area contributed by atoms with Gasteiger partial charge >= 0.3 is 12.4 Å². The highest BCUT2D eigenvalue weighted by Crippen LogP contribution is 2.41. The summed E-state index contributed by atoms with van der Waals surface area (Å²) >= 11 is 6.12. The zero-order valence-corrected chi connectivity index (χ0v) is 19.4. The molecule has 0 radical (unpaired) electrons. The van der Waals surface area contributed by atoms with Gasteiger partial charge in [0.1, 0.15) is 17.3 Å². The van der Waals surface area contributed by atoms with Crippen LogP contribution in [0.2, 0.25) is 5.02 Å². The Labute approximate surface area is 205 Å². The number of fused-ring (bicyclic) bond motifs is 1. The van der Waals surface area contributed by atoms with E-state index in [0.717, 1.165) is 22.9 Å². The second kappa shape index (κ2) is 9.08. The van der Waals surface area contributed by atoms with Gasteiger partial charge in [-0.05, 0) is 42.3 Å². The fourth-order valence-electron chi connectivity index (χ4n) is 3.60. The molecular formula is C23H17ClF6N4O2. The first-order chi connectivity index (χ1) is 16.8. The van der Waals surface area contributed by atoms with Crippen LogP contribution in [0.15, 0.2) is 42.5 Å². The van der Waals surface area contributed by atoms with Crippen LogP contribution in [0.4, 0.5) is 32.2 Å². The Balaban J connectivity index is 1.88. The van der Waals surface area contributed by atoms with E-state index in [1.54, 1.807) is 6.92 Å². The summed E-state index contributed by atoms with van der Waals surface area (Å²) in [4.78, 5) is 4.04. The molecule has 0 bridgehead atoms. The maximum atomic E-state index is 14.0. The van der Waals surface area contributed by atoms with Crippen molar-refractivity contribution in [1.29, 1.82) is 0 Å². The predicted molar refractivity (Wildman–Crippen MR) is 121 cm³/mol. The molecule has 190 valence electrons. The number of nitrogen functional groups attached to an aromatic ring is 1. The zero-order valence-electron chi connectivity index (χ0n) is 18.6.